The Morgan fingerprint density at radius 1 is 1.47 bits per heavy atom. The van der Waals surface area contributed by atoms with Crippen LogP contribution >= 0.6 is 23.4 Å². The molecule has 2 rings (SSSR count). The molecule has 1 aromatic heterocycles. The van der Waals surface area contributed by atoms with Gasteiger partial charge in [0.15, 0.2) is 5.16 Å². The highest BCUT2D eigenvalue weighted by atomic mass is 35.5. The summed E-state index contributed by atoms with van der Waals surface area (Å²) in [4.78, 5) is 5.18. The Kier molecular flexibility index (Phi) is 2.88. The highest BCUT2D eigenvalue weighted by Crippen LogP contribution is 2.32. The third kappa shape index (κ3) is 2.27. The predicted molar refractivity (Wildman–Crippen MR) is 63.2 cm³/mol. The van der Waals surface area contributed by atoms with Gasteiger partial charge in [0.1, 0.15) is 0 Å². The Hall–Kier alpha value is -1.13. The van der Waals surface area contributed by atoms with Crippen molar-refractivity contribution in [2.45, 2.75) is 10.1 Å². The number of imidazole rings is 1. The van der Waals surface area contributed by atoms with E-state index in [1.807, 2.05) is 29.9 Å². The fourth-order valence-corrected chi connectivity index (χ4v) is 2.17. The summed E-state index contributed by atoms with van der Waals surface area (Å²) in [5.41, 5.74) is 6.52. The highest BCUT2D eigenvalue weighted by molar-refractivity contribution is 7.99. The number of hydrogen-bond acceptors (Lipinski definition) is 3. The minimum atomic E-state index is 0.650. The molecule has 0 atom stereocenters. The molecule has 0 bridgehead atoms. The quantitative estimate of drug-likeness (QED) is 0.820. The number of hydrogen-bond donors (Lipinski definition) is 1. The number of nitrogen functional groups attached to an aromatic ring is 1. The first-order valence-electron chi connectivity index (χ1n) is 4.37. The molecule has 0 fully saturated rings. The van der Waals surface area contributed by atoms with Gasteiger partial charge in [0.2, 0.25) is 0 Å². The van der Waals surface area contributed by atoms with E-state index in [9.17, 15) is 0 Å². The lowest BCUT2D eigenvalue weighted by Crippen LogP contribution is -1.92. The van der Waals surface area contributed by atoms with Crippen molar-refractivity contribution in [2.75, 3.05) is 5.73 Å². The number of nitrogens with zero attached hydrogens (tertiary/aromatic N) is 2. The molecule has 78 valence electrons. The van der Waals surface area contributed by atoms with Crippen LogP contribution in [0.3, 0.4) is 0 Å². The molecule has 0 aliphatic heterocycles. The van der Waals surface area contributed by atoms with E-state index in [4.69, 9.17) is 17.3 Å². The van der Waals surface area contributed by atoms with Crippen LogP contribution in [-0.2, 0) is 7.05 Å². The van der Waals surface area contributed by atoms with Crippen LogP contribution in [0.4, 0.5) is 5.69 Å². The number of aromatic nitrogens is 2. The van der Waals surface area contributed by atoms with Gasteiger partial charge in [-0.2, -0.15) is 0 Å². The standard InChI is InChI=1S/C10H10ClN3S/c1-14-5-4-13-10(14)15-9-3-2-7(11)6-8(9)12/h2-6H,12H2,1H3. The Morgan fingerprint density at radius 3 is 2.87 bits per heavy atom. The van der Waals surface area contributed by atoms with E-state index in [1.54, 1.807) is 12.3 Å². The smallest absolute Gasteiger partial charge is 0.172 e. The molecule has 0 aliphatic carbocycles. The topological polar surface area (TPSA) is 43.8 Å². The van der Waals surface area contributed by atoms with Crippen molar-refractivity contribution in [3.05, 3.63) is 35.6 Å². The van der Waals surface area contributed by atoms with Crippen molar-refractivity contribution < 1.29 is 0 Å². The molecule has 0 aliphatic rings. The van der Waals surface area contributed by atoms with Crippen molar-refractivity contribution in [2.24, 2.45) is 7.05 Å². The summed E-state index contributed by atoms with van der Waals surface area (Å²) in [7, 11) is 1.95. The van der Waals surface area contributed by atoms with Gasteiger partial charge in [0.25, 0.3) is 0 Å². The SMILES string of the molecule is Cn1ccnc1Sc1ccc(Cl)cc1N. The number of anilines is 1. The minimum absolute atomic E-state index is 0.650. The molecule has 1 aromatic carbocycles. The van der Waals surface area contributed by atoms with Gasteiger partial charge >= 0.3 is 0 Å². The molecule has 0 unspecified atom stereocenters. The molecule has 0 saturated carbocycles. The van der Waals surface area contributed by atoms with Crippen LogP contribution in [0.15, 0.2) is 40.6 Å². The minimum Gasteiger partial charge on any atom is -0.398 e. The molecule has 0 radical (unpaired) electrons. The van der Waals surface area contributed by atoms with Crippen LogP contribution in [0.1, 0.15) is 0 Å². The second-order valence-electron chi connectivity index (χ2n) is 3.10. The summed E-state index contributed by atoms with van der Waals surface area (Å²) in [6.07, 6.45) is 3.66. The molecule has 0 amide bonds. The summed E-state index contributed by atoms with van der Waals surface area (Å²) < 4.78 is 1.94. The van der Waals surface area contributed by atoms with Crippen LogP contribution < -0.4 is 5.73 Å². The Balaban J connectivity index is 2.29. The predicted octanol–water partition coefficient (Wildman–Crippen LogP) is 2.81. The fourth-order valence-electron chi connectivity index (χ4n) is 1.16. The molecule has 2 N–H and O–H groups in total. The first-order valence-corrected chi connectivity index (χ1v) is 5.56. The summed E-state index contributed by atoms with van der Waals surface area (Å²) in [5, 5.41) is 1.56. The van der Waals surface area contributed by atoms with E-state index < -0.39 is 0 Å². The molecular formula is C10H10ClN3S. The van der Waals surface area contributed by atoms with Gasteiger partial charge in [-0.1, -0.05) is 11.6 Å². The number of nitrogens with two attached hydrogens (primary N) is 1. The van der Waals surface area contributed by atoms with E-state index in [-0.39, 0.29) is 0 Å². The average molecular weight is 240 g/mol. The Labute approximate surface area is 97.3 Å². The van der Waals surface area contributed by atoms with Gasteiger partial charge in [-0.15, -0.1) is 0 Å². The van der Waals surface area contributed by atoms with Crippen LogP contribution in [0, 0.1) is 0 Å². The van der Waals surface area contributed by atoms with E-state index >= 15 is 0 Å². The summed E-state index contributed by atoms with van der Waals surface area (Å²) in [5.74, 6) is 0. The van der Waals surface area contributed by atoms with Crippen molar-refractivity contribution >= 4 is 29.1 Å². The van der Waals surface area contributed by atoms with Gasteiger partial charge in [-0.05, 0) is 30.0 Å². The van der Waals surface area contributed by atoms with Gasteiger partial charge in [0, 0.05) is 35.0 Å². The molecule has 2 aromatic rings. The molecule has 0 spiro atoms. The maximum atomic E-state index is 5.85. The van der Waals surface area contributed by atoms with Crippen LogP contribution in [-0.4, -0.2) is 9.55 Å². The van der Waals surface area contributed by atoms with Crippen LogP contribution in [0.2, 0.25) is 5.02 Å². The summed E-state index contributed by atoms with van der Waals surface area (Å²) in [6, 6.07) is 5.47. The van der Waals surface area contributed by atoms with Crippen molar-refractivity contribution in [3.8, 4) is 0 Å². The van der Waals surface area contributed by atoms with Crippen molar-refractivity contribution in [3.63, 3.8) is 0 Å². The number of halogens is 1. The molecule has 1 heterocycles. The first kappa shape index (κ1) is 10.4. The lowest BCUT2D eigenvalue weighted by Gasteiger charge is -2.05. The monoisotopic (exact) mass is 239 g/mol. The zero-order valence-electron chi connectivity index (χ0n) is 8.14. The lowest BCUT2D eigenvalue weighted by atomic mass is 10.3. The average Bonchev–Trinajstić information content (AvgIpc) is 2.57. The molecular weight excluding hydrogens is 230 g/mol. The van der Waals surface area contributed by atoms with Crippen LogP contribution in [0.5, 0.6) is 0 Å². The van der Waals surface area contributed by atoms with Gasteiger partial charge in [-0.3, -0.25) is 0 Å². The van der Waals surface area contributed by atoms with Crippen LogP contribution in [0.25, 0.3) is 0 Å². The van der Waals surface area contributed by atoms with Crippen molar-refractivity contribution in [1.29, 1.82) is 0 Å². The third-order valence-electron chi connectivity index (χ3n) is 1.95. The normalized spacial score (nSPS) is 10.5. The highest BCUT2D eigenvalue weighted by Gasteiger charge is 2.05. The zero-order valence-corrected chi connectivity index (χ0v) is 9.72. The Bertz CT molecular complexity index is 481. The lowest BCUT2D eigenvalue weighted by molar-refractivity contribution is 0.790. The molecule has 3 nitrogen and oxygen atoms in total. The van der Waals surface area contributed by atoms with E-state index in [1.165, 1.54) is 11.8 Å². The maximum absolute atomic E-state index is 5.85. The summed E-state index contributed by atoms with van der Waals surface area (Å²) >= 11 is 7.34. The first-order chi connectivity index (χ1) is 7.16. The number of benzene rings is 1. The molecule has 0 saturated heterocycles. The third-order valence-corrected chi connectivity index (χ3v) is 3.35. The summed E-state index contributed by atoms with van der Waals surface area (Å²) in [6.45, 7) is 0. The Morgan fingerprint density at radius 2 is 2.27 bits per heavy atom. The second-order valence-corrected chi connectivity index (χ2v) is 4.55. The second kappa shape index (κ2) is 4.16. The van der Waals surface area contributed by atoms with Crippen molar-refractivity contribution in [1.82, 2.24) is 9.55 Å². The molecule has 5 heteroatoms. The van der Waals surface area contributed by atoms with E-state index in [0.29, 0.717) is 10.7 Å². The molecule has 15 heavy (non-hydrogen) atoms. The number of rotatable bonds is 2. The van der Waals surface area contributed by atoms with Gasteiger partial charge in [-0.25, -0.2) is 4.98 Å². The largest absolute Gasteiger partial charge is 0.398 e. The number of aryl methyl sites for hydroxylation is 1. The van der Waals surface area contributed by atoms with E-state index in [2.05, 4.69) is 4.98 Å². The fraction of sp³-hybridized carbons (Fsp3) is 0.100. The van der Waals surface area contributed by atoms with E-state index in [0.717, 1.165) is 10.1 Å². The van der Waals surface area contributed by atoms with Gasteiger partial charge < -0.3 is 10.3 Å². The van der Waals surface area contributed by atoms with Gasteiger partial charge in [0.05, 0.1) is 0 Å². The zero-order chi connectivity index (χ0) is 10.8. The maximum Gasteiger partial charge on any atom is 0.172 e.